The third kappa shape index (κ3) is 6.44. The minimum absolute atomic E-state index is 0.000408. The summed E-state index contributed by atoms with van der Waals surface area (Å²) in [4.78, 5) is 62.8. The van der Waals surface area contributed by atoms with Gasteiger partial charge in [-0.05, 0) is 110 Å². The maximum Gasteiger partial charge on any atom is 0.260 e. The first-order valence-electron chi connectivity index (χ1n) is 20.1. The molecule has 4 aliphatic rings. The summed E-state index contributed by atoms with van der Waals surface area (Å²) in [6.07, 6.45) is 2.33. The first-order valence-corrected chi connectivity index (χ1v) is 20.5. The summed E-state index contributed by atoms with van der Waals surface area (Å²) in [7, 11) is 5.33. The van der Waals surface area contributed by atoms with Crippen molar-refractivity contribution in [2.45, 2.75) is 31.1 Å². The Morgan fingerprint density at radius 2 is 1.48 bits per heavy atom. The van der Waals surface area contributed by atoms with Crippen LogP contribution in [0.1, 0.15) is 35.4 Å². The zero-order valence-electron chi connectivity index (χ0n) is 34.0. The number of nitrogens with one attached hydrogen (secondary N) is 1. The van der Waals surface area contributed by atoms with Crippen LogP contribution in [0.15, 0.2) is 137 Å². The van der Waals surface area contributed by atoms with Gasteiger partial charge in [0.2, 0.25) is 11.8 Å². The van der Waals surface area contributed by atoms with Gasteiger partial charge in [-0.3, -0.25) is 29.5 Å². The number of hydrogen-bond acceptors (Lipinski definition) is 10. The van der Waals surface area contributed by atoms with Gasteiger partial charge in [-0.25, -0.2) is 0 Å². The lowest BCUT2D eigenvalue weighted by Gasteiger charge is -2.50. The zero-order chi connectivity index (χ0) is 42.7. The van der Waals surface area contributed by atoms with Crippen molar-refractivity contribution in [1.82, 2.24) is 5.01 Å². The molecule has 6 unspecified atom stereocenters. The van der Waals surface area contributed by atoms with E-state index in [1.165, 1.54) is 12.0 Å². The van der Waals surface area contributed by atoms with Crippen LogP contribution in [0, 0.1) is 30.6 Å². The molecule has 0 spiro atoms. The van der Waals surface area contributed by atoms with Crippen LogP contribution >= 0.6 is 11.6 Å². The molecule has 2 heterocycles. The second-order valence-electron chi connectivity index (χ2n) is 16.3. The normalized spacial score (nSPS) is 24.4. The van der Waals surface area contributed by atoms with Crippen molar-refractivity contribution >= 4 is 63.7 Å². The van der Waals surface area contributed by atoms with Crippen LogP contribution < -0.4 is 20.0 Å². The molecule has 5 aromatic rings. The average Bonchev–Trinajstić information content (AvgIpc) is 3.65. The molecule has 2 saturated heterocycles. The van der Waals surface area contributed by atoms with Crippen molar-refractivity contribution in [1.29, 1.82) is 0 Å². The number of hydrazine groups is 1. The molecule has 0 aromatic heterocycles. The second-order valence-corrected chi connectivity index (χ2v) is 16.7. The van der Waals surface area contributed by atoms with Crippen LogP contribution in [0.2, 0.25) is 5.02 Å². The number of imide groups is 2. The number of azo groups is 1. The van der Waals surface area contributed by atoms with E-state index < -0.39 is 46.8 Å². The molecule has 4 amide bonds. The molecule has 1 saturated carbocycles. The van der Waals surface area contributed by atoms with Gasteiger partial charge in [0, 0.05) is 25.7 Å². The summed E-state index contributed by atoms with van der Waals surface area (Å²) >= 11 is 6.69. The molecule has 6 atom stereocenters. The van der Waals surface area contributed by atoms with Crippen LogP contribution in [-0.2, 0) is 24.6 Å². The van der Waals surface area contributed by atoms with E-state index in [2.05, 4.69) is 15.7 Å². The van der Waals surface area contributed by atoms with Crippen molar-refractivity contribution in [3.05, 3.63) is 149 Å². The lowest BCUT2D eigenvalue weighted by Crippen LogP contribution is -2.53. The largest absolute Gasteiger partial charge is 0.503 e. The second kappa shape index (κ2) is 15.3. The van der Waals surface area contributed by atoms with Crippen molar-refractivity contribution in [3.63, 3.8) is 0 Å². The highest BCUT2D eigenvalue weighted by molar-refractivity contribution is 6.32. The SMILES string of the molecule is COc1cc(C2C3=CCC4C(=O)N(c5ccc(N=Nc6ccc(N(C)C)cc6)cc5)C(=O)C4C3CC3C(=O)N(Nc4ccc(C)cc4)C(=O)C32c2ccccc2)cc(Cl)c1O. The fourth-order valence-corrected chi connectivity index (χ4v) is 10.1. The number of carbonyl (C=O) groups excluding carboxylic acids is 4. The van der Waals surface area contributed by atoms with Gasteiger partial charge in [-0.15, -0.1) is 0 Å². The monoisotopic (exact) mass is 834 g/mol. The number of amides is 4. The number of carbonyl (C=O) groups is 4. The molecule has 2 aliphatic carbocycles. The summed E-state index contributed by atoms with van der Waals surface area (Å²) in [6, 6.07) is 34.3. The van der Waals surface area contributed by atoms with E-state index in [1.54, 1.807) is 48.5 Å². The lowest BCUT2D eigenvalue weighted by atomic mass is 9.49. The number of fused-ring (bicyclic) bond motifs is 4. The van der Waals surface area contributed by atoms with Gasteiger partial charge < -0.3 is 14.7 Å². The maximum absolute atomic E-state index is 15.4. The number of aryl methyl sites for hydroxylation is 1. The number of aromatic hydroxyl groups is 1. The predicted octanol–water partition coefficient (Wildman–Crippen LogP) is 9.03. The van der Waals surface area contributed by atoms with E-state index in [1.807, 2.05) is 98.7 Å². The minimum Gasteiger partial charge on any atom is -0.503 e. The molecular weight excluding hydrogens is 792 g/mol. The number of hydrogen-bond donors (Lipinski definition) is 2. The maximum atomic E-state index is 15.4. The fourth-order valence-electron chi connectivity index (χ4n) is 9.89. The van der Waals surface area contributed by atoms with E-state index in [9.17, 15) is 19.5 Å². The molecule has 2 aliphatic heterocycles. The third-order valence-corrected chi connectivity index (χ3v) is 13.0. The van der Waals surface area contributed by atoms with E-state index >= 15 is 4.79 Å². The topological polar surface area (TPSA) is 144 Å². The highest BCUT2D eigenvalue weighted by Gasteiger charge is 2.70. The molecule has 308 valence electrons. The van der Waals surface area contributed by atoms with Crippen LogP contribution in [0.4, 0.5) is 28.4 Å². The standard InChI is InChI=1S/C48H43ClN6O6/c1-27-10-12-32(13-11-27)52-55-45(58)38-26-37-35(42(28-24-39(49)43(56)40(25-28)61-4)48(38,47(55)60)29-8-6-5-7-9-29)22-23-36-41(37)46(59)54(44(36)57)34-20-16-31(17-21-34)51-50-30-14-18-33(19-15-30)53(2)3/h5-22,24-25,36-38,41-42,52,56H,23,26H2,1-4H3. The molecule has 12 nitrogen and oxygen atoms in total. The van der Waals surface area contributed by atoms with Gasteiger partial charge in [-0.2, -0.15) is 15.2 Å². The van der Waals surface area contributed by atoms with Crippen molar-refractivity contribution in [3.8, 4) is 11.5 Å². The first kappa shape index (κ1) is 39.7. The molecule has 13 heteroatoms. The van der Waals surface area contributed by atoms with Crippen molar-refractivity contribution in [2.24, 2.45) is 33.9 Å². The van der Waals surface area contributed by atoms with Crippen LogP contribution in [0.25, 0.3) is 0 Å². The Hall–Kier alpha value is -6.79. The van der Waals surface area contributed by atoms with Gasteiger partial charge in [0.15, 0.2) is 11.5 Å². The zero-order valence-corrected chi connectivity index (χ0v) is 34.7. The van der Waals surface area contributed by atoms with E-state index in [4.69, 9.17) is 16.3 Å². The van der Waals surface area contributed by atoms with Crippen LogP contribution in [0.3, 0.4) is 0 Å². The van der Waals surface area contributed by atoms with Crippen molar-refractivity contribution < 1.29 is 29.0 Å². The Labute approximate surface area is 358 Å². The predicted molar refractivity (Wildman–Crippen MR) is 232 cm³/mol. The number of anilines is 3. The van der Waals surface area contributed by atoms with Gasteiger partial charge in [0.25, 0.3) is 11.8 Å². The Balaban J connectivity index is 1.12. The number of allylic oxidation sites excluding steroid dienone is 2. The fraction of sp³-hybridized carbons (Fsp3) is 0.250. The van der Waals surface area contributed by atoms with E-state index in [0.29, 0.717) is 33.9 Å². The molecule has 5 aromatic carbocycles. The number of nitrogens with zero attached hydrogens (tertiary/aromatic N) is 5. The quantitative estimate of drug-likeness (QED) is 0.0851. The Bertz CT molecular complexity index is 2630. The Morgan fingerprint density at radius 1 is 0.820 bits per heavy atom. The highest BCUT2D eigenvalue weighted by atomic mass is 35.5. The number of halogens is 1. The molecule has 2 N–H and O–H groups in total. The average molecular weight is 835 g/mol. The molecule has 3 fully saturated rings. The summed E-state index contributed by atoms with van der Waals surface area (Å²) in [5.41, 5.74) is 7.71. The number of phenolic OH excluding ortho intramolecular Hbond substituents is 1. The van der Waals surface area contributed by atoms with Gasteiger partial charge >= 0.3 is 0 Å². The van der Waals surface area contributed by atoms with E-state index in [-0.39, 0.29) is 41.2 Å². The van der Waals surface area contributed by atoms with Crippen molar-refractivity contribution in [2.75, 3.05) is 36.4 Å². The Kier molecular flexibility index (Phi) is 9.98. The number of phenols is 1. The van der Waals surface area contributed by atoms with Gasteiger partial charge in [0.1, 0.15) is 0 Å². The first-order chi connectivity index (χ1) is 29.4. The number of benzene rings is 5. The van der Waals surface area contributed by atoms with Crippen LogP contribution in [-0.4, -0.2) is 54.9 Å². The Morgan fingerprint density at radius 3 is 2.11 bits per heavy atom. The summed E-state index contributed by atoms with van der Waals surface area (Å²) in [5, 5.41) is 20.7. The smallest absolute Gasteiger partial charge is 0.260 e. The van der Waals surface area contributed by atoms with E-state index in [0.717, 1.165) is 21.8 Å². The summed E-state index contributed by atoms with van der Waals surface area (Å²) in [6.45, 7) is 1.95. The number of ether oxygens (including phenoxy) is 1. The molecule has 61 heavy (non-hydrogen) atoms. The van der Waals surface area contributed by atoms with Crippen LogP contribution in [0.5, 0.6) is 11.5 Å². The summed E-state index contributed by atoms with van der Waals surface area (Å²) < 4.78 is 5.57. The summed E-state index contributed by atoms with van der Waals surface area (Å²) in [5.74, 6) is -5.74. The lowest BCUT2D eigenvalue weighted by molar-refractivity contribution is -0.138. The molecular formula is C48H43ClN6O6. The van der Waals surface area contributed by atoms with Gasteiger partial charge in [-0.1, -0.05) is 71.3 Å². The van der Waals surface area contributed by atoms with Gasteiger partial charge in [0.05, 0.1) is 58.1 Å². The molecule has 0 bridgehead atoms. The number of methoxy groups -OCH3 is 1. The molecule has 0 radical (unpaired) electrons. The number of rotatable bonds is 9. The minimum atomic E-state index is -1.51. The highest BCUT2D eigenvalue weighted by Crippen LogP contribution is 2.64. The molecule has 9 rings (SSSR count). The third-order valence-electron chi connectivity index (χ3n) is 12.8.